The van der Waals surface area contributed by atoms with Crippen molar-refractivity contribution in [3.05, 3.63) is 11.9 Å². The third kappa shape index (κ3) is 3.25. The first-order valence-corrected chi connectivity index (χ1v) is 6.66. The standard InChI is InChI=1S/C14H27N3O/c1-7-17-13(12(18-6)9-16-17)11(15)8-10(2)14(3,4)5/h9-11H,7-8,15H2,1-6H3. The largest absolute Gasteiger partial charge is 0.493 e. The van der Waals surface area contributed by atoms with Crippen LogP contribution in [-0.4, -0.2) is 16.9 Å². The van der Waals surface area contributed by atoms with Crippen molar-refractivity contribution < 1.29 is 4.74 Å². The summed E-state index contributed by atoms with van der Waals surface area (Å²) in [7, 11) is 1.67. The summed E-state index contributed by atoms with van der Waals surface area (Å²) in [5.74, 6) is 1.34. The monoisotopic (exact) mass is 253 g/mol. The molecule has 0 aliphatic carbocycles. The molecule has 104 valence electrons. The lowest BCUT2D eigenvalue weighted by Crippen LogP contribution is -2.25. The fourth-order valence-corrected chi connectivity index (χ4v) is 2.01. The van der Waals surface area contributed by atoms with Crippen molar-refractivity contribution in [1.29, 1.82) is 0 Å². The zero-order valence-corrected chi connectivity index (χ0v) is 12.5. The van der Waals surface area contributed by atoms with Gasteiger partial charge in [-0.3, -0.25) is 4.68 Å². The Bertz CT molecular complexity index is 357. The Hall–Kier alpha value is -1.03. The predicted octanol–water partition coefficient (Wildman–Crippen LogP) is 2.98. The van der Waals surface area contributed by atoms with Crippen LogP contribution in [0.15, 0.2) is 6.20 Å². The Morgan fingerprint density at radius 1 is 1.44 bits per heavy atom. The molecule has 0 aliphatic rings. The van der Waals surface area contributed by atoms with E-state index in [1.54, 1.807) is 13.3 Å². The minimum atomic E-state index is -0.0309. The van der Waals surface area contributed by atoms with Crippen molar-refractivity contribution in [3.8, 4) is 5.75 Å². The summed E-state index contributed by atoms with van der Waals surface area (Å²) in [6.07, 6.45) is 2.69. The third-order valence-electron chi connectivity index (χ3n) is 3.80. The van der Waals surface area contributed by atoms with Crippen molar-refractivity contribution >= 4 is 0 Å². The summed E-state index contributed by atoms with van der Waals surface area (Å²) < 4.78 is 7.28. The maximum absolute atomic E-state index is 6.35. The van der Waals surface area contributed by atoms with Crippen LogP contribution in [0.5, 0.6) is 5.75 Å². The van der Waals surface area contributed by atoms with Gasteiger partial charge in [-0.25, -0.2) is 0 Å². The highest BCUT2D eigenvalue weighted by Crippen LogP contribution is 2.34. The number of aryl methyl sites for hydroxylation is 1. The van der Waals surface area contributed by atoms with Crippen LogP contribution in [0.1, 0.15) is 52.8 Å². The van der Waals surface area contributed by atoms with Gasteiger partial charge in [0.25, 0.3) is 0 Å². The van der Waals surface area contributed by atoms with Gasteiger partial charge in [0.1, 0.15) is 0 Å². The first-order valence-electron chi connectivity index (χ1n) is 6.66. The minimum Gasteiger partial charge on any atom is -0.493 e. The Balaban J connectivity index is 2.89. The van der Waals surface area contributed by atoms with E-state index in [4.69, 9.17) is 10.5 Å². The van der Waals surface area contributed by atoms with Gasteiger partial charge in [0.05, 0.1) is 25.0 Å². The maximum atomic E-state index is 6.35. The van der Waals surface area contributed by atoms with E-state index in [1.165, 1.54) is 0 Å². The highest BCUT2D eigenvalue weighted by molar-refractivity contribution is 5.28. The lowest BCUT2D eigenvalue weighted by molar-refractivity contribution is 0.230. The van der Waals surface area contributed by atoms with Gasteiger partial charge in [-0.2, -0.15) is 5.10 Å². The molecule has 0 amide bonds. The Morgan fingerprint density at radius 3 is 2.50 bits per heavy atom. The van der Waals surface area contributed by atoms with E-state index in [-0.39, 0.29) is 11.5 Å². The second-order valence-corrected chi connectivity index (χ2v) is 6.02. The van der Waals surface area contributed by atoms with Gasteiger partial charge in [-0.15, -0.1) is 0 Å². The van der Waals surface area contributed by atoms with Crippen LogP contribution in [-0.2, 0) is 6.54 Å². The van der Waals surface area contributed by atoms with E-state index in [1.807, 2.05) is 4.68 Å². The van der Waals surface area contributed by atoms with Crippen LogP contribution >= 0.6 is 0 Å². The van der Waals surface area contributed by atoms with Gasteiger partial charge in [0.15, 0.2) is 5.75 Å². The van der Waals surface area contributed by atoms with Gasteiger partial charge >= 0.3 is 0 Å². The minimum absolute atomic E-state index is 0.0309. The highest BCUT2D eigenvalue weighted by Gasteiger charge is 2.26. The summed E-state index contributed by atoms with van der Waals surface area (Å²) in [6.45, 7) is 11.9. The Morgan fingerprint density at radius 2 is 2.06 bits per heavy atom. The zero-order chi connectivity index (χ0) is 13.9. The molecule has 1 heterocycles. The van der Waals surface area contributed by atoms with Gasteiger partial charge < -0.3 is 10.5 Å². The van der Waals surface area contributed by atoms with Crippen molar-refractivity contribution in [1.82, 2.24) is 9.78 Å². The Kier molecular flexibility index (Phi) is 4.79. The number of methoxy groups -OCH3 is 1. The van der Waals surface area contributed by atoms with E-state index in [9.17, 15) is 0 Å². The molecule has 2 atom stereocenters. The SMILES string of the molecule is CCn1ncc(OC)c1C(N)CC(C)C(C)(C)C. The average molecular weight is 253 g/mol. The molecular formula is C14H27N3O. The number of hydrogen-bond donors (Lipinski definition) is 1. The molecule has 0 radical (unpaired) electrons. The average Bonchev–Trinajstić information content (AvgIpc) is 2.70. The first kappa shape index (κ1) is 15.0. The van der Waals surface area contributed by atoms with Gasteiger partial charge in [0, 0.05) is 6.54 Å². The second-order valence-electron chi connectivity index (χ2n) is 6.02. The van der Waals surface area contributed by atoms with Gasteiger partial charge in [-0.1, -0.05) is 27.7 Å². The molecule has 0 spiro atoms. The molecule has 0 saturated carbocycles. The topological polar surface area (TPSA) is 53.1 Å². The molecule has 2 N–H and O–H groups in total. The normalized spacial score (nSPS) is 15.5. The summed E-state index contributed by atoms with van der Waals surface area (Å²) in [5.41, 5.74) is 7.63. The van der Waals surface area contributed by atoms with E-state index in [0.717, 1.165) is 24.4 Å². The highest BCUT2D eigenvalue weighted by atomic mass is 16.5. The molecule has 0 bridgehead atoms. The fraction of sp³-hybridized carbons (Fsp3) is 0.786. The van der Waals surface area contributed by atoms with E-state index in [0.29, 0.717) is 5.92 Å². The number of ether oxygens (including phenoxy) is 1. The van der Waals surface area contributed by atoms with E-state index in [2.05, 4.69) is 39.7 Å². The number of hydrogen-bond acceptors (Lipinski definition) is 3. The summed E-state index contributed by atoms with van der Waals surface area (Å²) in [6, 6.07) is -0.0309. The number of nitrogens with two attached hydrogens (primary N) is 1. The van der Waals surface area contributed by atoms with Crippen molar-refractivity contribution in [3.63, 3.8) is 0 Å². The lowest BCUT2D eigenvalue weighted by Gasteiger charge is -2.29. The lowest BCUT2D eigenvalue weighted by atomic mass is 9.78. The van der Waals surface area contributed by atoms with Crippen LogP contribution in [0, 0.1) is 11.3 Å². The van der Waals surface area contributed by atoms with E-state index < -0.39 is 0 Å². The van der Waals surface area contributed by atoms with Crippen molar-refractivity contribution in [2.75, 3.05) is 7.11 Å². The van der Waals surface area contributed by atoms with Crippen LogP contribution in [0.25, 0.3) is 0 Å². The third-order valence-corrected chi connectivity index (χ3v) is 3.80. The quantitative estimate of drug-likeness (QED) is 0.877. The molecular weight excluding hydrogens is 226 g/mol. The van der Waals surface area contributed by atoms with E-state index >= 15 is 0 Å². The Labute approximate surface area is 111 Å². The van der Waals surface area contributed by atoms with Crippen molar-refractivity contribution in [2.24, 2.45) is 17.1 Å². The summed E-state index contributed by atoms with van der Waals surface area (Å²) in [5, 5.41) is 4.31. The zero-order valence-electron chi connectivity index (χ0n) is 12.5. The van der Waals surface area contributed by atoms with Crippen molar-refractivity contribution in [2.45, 2.75) is 53.6 Å². The molecule has 0 aliphatic heterocycles. The first-order chi connectivity index (χ1) is 8.31. The van der Waals surface area contributed by atoms with Crippen LogP contribution < -0.4 is 10.5 Å². The molecule has 2 unspecified atom stereocenters. The number of nitrogens with zero attached hydrogens (tertiary/aromatic N) is 2. The van der Waals surface area contributed by atoms with Gasteiger partial charge in [-0.05, 0) is 24.7 Å². The summed E-state index contributed by atoms with van der Waals surface area (Å²) in [4.78, 5) is 0. The second kappa shape index (κ2) is 5.74. The molecule has 1 aromatic rings. The maximum Gasteiger partial charge on any atom is 0.161 e. The molecule has 0 saturated heterocycles. The smallest absolute Gasteiger partial charge is 0.161 e. The van der Waals surface area contributed by atoms with Gasteiger partial charge in [0.2, 0.25) is 0 Å². The fourth-order valence-electron chi connectivity index (χ4n) is 2.01. The molecule has 18 heavy (non-hydrogen) atoms. The van der Waals surface area contributed by atoms with Crippen LogP contribution in [0.2, 0.25) is 0 Å². The molecule has 4 nitrogen and oxygen atoms in total. The molecule has 0 fully saturated rings. The summed E-state index contributed by atoms with van der Waals surface area (Å²) >= 11 is 0. The molecule has 1 rings (SSSR count). The van der Waals surface area contributed by atoms with Crippen LogP contribution in [0.3, 0.4) is 0 Å². The molecule has 0 aromatic carbocycles. The number of rotatable bonds is 5. The number of aromatic nitrogens is 2. The molecule has 1 aromatic heterocycles. The van der Waals surface area contributed by atoms with Crippen LogP contribution in [0.4, 0.5) is 0 Å². The predicted molar refractivity (Wildman–Crippen MR) is 74.6 cm³/mol. The molecule has 4 heteroatoms.